The van der Waals surface area contributed by atoms with Gasteiger partial charge in [0.15, 0.2) is 0 Å². The molecule has 0 saturated carbocycles. The monoisotopic (exact) mass is 293 g/mol. The van der Waals surface area contributed by atoms with Gasteiger partial charge in [0.05, 0.1) is 6.61 Å². The summed E-state index contributed by atoms with van der Waals surface area (Å²) in [6.07, 6.45) is 3.29. The molecule has 20 heavy (non-hydrogen) atoms. The average molecular weight is 294 g/mol. The van der Waals surface area contributed by atoms with Crippen LogP contribution in [0.3, 0.4) is 0 Å². The van der Waals surface area contributed by atoms with Crippen LogP contribution in [-0.4, -0.2) is 21.4 Å². The highest BCUT2D eigenvalue weighted by Crippen LogP contribution is 2.28. The first kappa shape index (κ1) is 14.9. The van der Waals surface area contributed by atoms with Crippen LogP contribution >= 0.6 is 11.6 Å². The zero-order chi connectivity index (χ0) is 14.6. The Kier molecular flexibility index (Phi) is 4.65. The predicted molar refractivity (Wildman–Crippen MR) is 79.9 cm³/mol. The maximum atomic E-state index is 5.88. The molecule has 4 nitrogen and oxygen atoms in total. The van der Waals surface area contributed by atoms with Gasteiger partial charge in [0.1, 0.15) is 18.4 Å². The molecule has 1 unspecified atom stereocenters. The summed E-state index contributed by atoms with van der Waals surface area (Å²) in [5.41, 5.74) is 0.123. The Labute approximate surface area is 124 Å². The molecular formula is C15H20ClN3O. The van der Waals surface area contributed by atoms with Crippen molar-refractivity contribution >= 4 is 11.6 Å². The summed E-state index contributed by atoms with van der Waals surface area (Å²) >= 11 is 5.87. The highest BCUT2D eigenvalue weighted by atomic mass is 35.5. The van der Waals surface area contributed by atoms with Crippen molar-refractivity contribution in [3.8, 4) is 5.75 Å². The topological polar surface area (TPSA) is 39.9 Å². The Balaban J connectivity index is 1.99. The second-order valence-corrected chi connectivity index (χ2v) is 6.38. The van der Waals surface area contributed by atoms with Crippen molar-refractivity contribution in [2.45, 2.75) is 27.3 Å². The molecule has 0 N–H and O–H groups in total. The molecule has 0 fully saturated rings. The normalized spacial score (nSPS) is 13.2. The fourth-order valence-corrected chi connectivity index (χ4v) is 1.98. The van der Waals surface area contributed by atoms with Gasteiger partial charge in [-0.1, -0.05) is 32.4 Å². The molecule has 0 aliphatic rings. The molecule has 1 aromatic carbocycles. The van der Waals surface area contributed by atoms with Gasteiger partial charge in [-0.25, -0.2) is 4.98 Å². The van der Waals surface area contributed by atoms with Crippen LogP contribution in [0, 0.1) is 11.3 Å². The third-order valence-electron chi connectivity index (χ3n) is 3.36. The zero-order valence-corrected chi connectivity index (χ0v) is 12.8. The van der Waals surface area contributed by atoms with Crippen molar-refractivity contribution in [3.63, 3.8) is 0 Å². The summed E-state index contributed by atoms with van der Waals surface area (Å²) in [4.78, 5) is 3.98. The number of hydrogen-bond acceptors (Lipinski definition) is 3. The highest BCUT2D eigenvalue weighted by molar-refractivity contribution is 6.30. The Morgan fingerprint density at radius 1 is 1.25 bits per heavy atom. The number of rotatable bonds is 5. The summed E-state index contributed by atoms with van der Waals surface area (Å²) in [6.45, 7) is 8.04. The van der Waals surface area contributed by atoms with Gasteiger partial charge in [-0.15, -0.1) is 0 Å². The highest BCUT2D eigenvalue weighted by Gasteiger charge is 2.26. The molecule has 108 valence electrons. The Bertz CT molecular complexity index is 517. The molecule has 0 amide bonds. The minimum absolute atomic E-state index is 0.123. The quantitative estimate of drug-likeness (QED) is 0.844. The lowest BCUT2D eigenvalue weighted by Crippen LogP contribution is -2.30. The molecular weight excluding hydrogens is 274 g/mol. The van der Waals surface area contributed by atoms with E-state index in [-0.39, 0.29) is 5.41 Å². The maximum Gasteiger partial charge on any atom is 0.137 e. The molecule has 0 bridgehead atoms. The Hall–Kier alpha value is -1.55. The van der Waals surface area contributed by atoms with E-state index in [0.29, 0.717) is 17.5 Å². The van der Waals surface area contributed by atoms with Crippen LogP contribution in [0.25, 0.3) is 0 Å². The van der Waals surface area contributed by atoms with Crippen molar-refractivity contribution in [1.82, 2.24) is 14.8 Å². The first-order valence-corrected chi connectivity index (χ1v) is 7.04. The van der Waals surface area contributed by atoms with Crippen molar-refractivity contribution in [3.05, 3.63) is 41.9 Å². The van der Waals surface area contributed by atoms with E-state index >= 15 is 0 Å². The fraction of sp³-hybridized carbons (Fsp3) is 0.467. The summed E-state index contributed by atoms with van der Waals surface area (Å²) in [7, 11) is 0. The van der Waals surface area contributed by atoms with Crippen molar-refractivity contribution in [2.75, 3.05) is 6.61 Å². The van der Waals surface area contributed by atoms with Gasteiger partial charge in [-0.05, 0) is 29.7 Å². The predicted octanol–water partition coefficient (Wildman–Crippen LogP) is 3.67. The zero-order valence-electron chi connectivity index (χ0n) is 12.1. The molecule has 1 aromatic heterocycles. The van der Waals surface area contributed by atoms with Gasteiger partial charge in [0.25, 0.3) is 0 Å². The second-order valence-electron chi connectivity index (χ2n) is 5.95. The second kappa shape index (κ2) is 6.27. The number of halogens is 1. The van der Waals surface area contributed by atoms with Crippen LogP contribution < -0.4 is 4.74 Å². The van der Waals surface area contributed by atoms with Crippen LogP contribution in [0.2, 0.25) is 5.02 Å². The third kappa shape index (κ3) is 4.23. The lowest BCUT2D eigenvalue weighted by Gasteiger charge is -2.30. The summed E-state index contributed by atoms with van der Waals surface area (Å²) in [6, 6.07) is 7.44. The molecule has 0 radical (unpaired) electrons. The fourth-order valence-electron chi connectivity index (χ4n) is 1.86. The van der Waals surface area contributed by atoms with Gasteiger partial charge in [-0.3, -0.25) is 4.68 Å². The van der Waals surface area contributed by atoms with Crippen LogP contribution in [-0.2, 0) is 6.54 Å². The Morgan fingerprint density at radius 2 is 1.95 bits per heavy atom. The number of hydrogen-bond donors (Lipinski definition) is 0. The van der Waals surface area contributed by atoms with E-state index in [9.17, 15) is 0 Å². The molecule has 0 spiro atoms. The number of nitrogens with zero attached hydrogens (tertiary/aromatic N) is 3. The number of benzene rings is 1. The van der Waals surface area contributed by atoms with E-state index in [1.165, 1.54) is 0 Å². The summed E-state index contributed by atoms with van der Waals surface area (Å²) in [5.74, 6) is 1.17. The number of ether oxygens (including phenoxy) is 1. The van der Waals surface area contributed by atoms with E-state index in [0.717, 1.165) is 12.3 Å². The van der Waals surface area contributed by atoms with E-state index in [2.05, 4.69) is 30.9 Å². The molecule has 1 heterocycles. The molecule has 0 saturated heterocycles. The molecule has 1 atom stereocenters. The molecule has 0 aliphatic carbocycles. The van der Waals surface area contributed by atoms with E-state index in [4.69, 9.17) is 16.3 Å². The average Bonchev–Trinajstić information content (AvgIpc) is 2.88. The van der Waals surface area contributed by atoms with Crippen molar-refractivity contribution in [2.24, 2.45) is 11.3 Å². The van der Waals surface area contributed by atoms with Crippen molar-refractivity contribution < 1.29 is 4.74 Å². The molecule has 2 aromatic rings. The van der Waals surface area contributed by atoms with Crippen molar-refractivity contribution in [1.29, 1.82) is 0 Å². The molecule has 2 rings (SSSR count). The van der Waals surface area contributed by atoms with Crippen LogP contribution in [0.5, 0.6) is 5.75 Å². The van der Waals surface area contributed by atoms with Crippen LogP contribution in [0.15, 0.2) is 36.9 Å². The first-order valence-electron chi connectivity index (χ1n) is 6.66. The molecule has 0 aliphatic heterocycles. The van der Waals surface area contributed by atoms with E-state index in [1.807, 2.05) is 28.9 Å². The lowest BCUT2D eigenvalue weighted by molar-refractivity contribution is 0.125. The van der Waals surface area contributed by atoms with Gasteiger partial charge in [0.2, 0.25) is 0 Å². The maximum absolute atomic E-state index is 5.88. The smallest absolute Gasteiger partial charge is 0.137 e. The minimum atomic E-state index is 0.123. The standard InChI is InChI=1S/C15H20ClN3O/c1-15(2,3)12(8-19-11-17-10-18-19)9-20-14-6-4-13(16)5-7-14/h4-7,10-12H,8-9H2,1-3H3. The summed E-state index contributed by atoms with van der Waals surface area (Å²) in [5, 5.41) is 4.88. The van der Waals surface area contributed by atoms with Crippen LogP contribution in [0.4, 0.5) is 0 Å². The number of aromatic nitrogens is 3. The first-order chi connectivity index (χ1) is 9.45. The minimum Gasteiger partial charge on any atom is -0.493 e. The van der Waals surface area contributed by atoms with Gasteiger partial charge in [-0.2, -0.15) is 5.10 Å². The SMILES string of the molecule is CC(C)(C)C(COc1ccc(Cl)cc1)Cn1cncn1. The molecule has 5 heteroatoms. The van der Waals surface area contributed by atoms with Gasteiger partial charge < -0.3 is 4.74 Å². The van der Waals surface area contributed by atoms with Gasteiger partial charge in [0, 0.05) is 17.5 Å². The van der Waals surface area contributed by atoms with E-state index < -0.39 is 0 Å². The Morgan fingerprint density at radius 3 is 2.50 bits per heavy atom. The van der Waals surface area contributed by atoms with E-state index in [1.54, 1.807) is 12.7 Å². The third-order valence-corrected chi connectivity index (χ3v) is 3.62. The largest absolute Gasteiger partial charge is 0.493 e. The van der Waals surface area contributed by atoms with Crippen LogP contribution in [0.1, 0.15) is 20.8 Å². The summed E-state index contributed by atoms with van der Waals surface area (Å²) < 4.78 is 7.73. The lowest BCUT2D eigenvalue weighted by atomic mass is 9.81. The van der Waals surface area contributed by atoms with Gasteiger partial charge >= 0.3 is 0 Å².